The van der Waals surface area contributed by atoms with Crippen molar-refractivity contribution in [3.05, 3.63) is 42.5 Å². The van der Waals surface area contributed by atoms with E-state index in [2.05, 4.69) is 6.92 Å². The second-order valence-electron chi connectivity index (χ2n) is 6.14. The standard InChI is InChI=1S/C17H22N2O2S/c1-13-8-9-19(16(10-13)12-18)22(20,21)17-7-6-14-4-2-3-5-15(14)11-17/h2-7,11,13,16H,8-10,12,18H2,1H3. The summed E-state index contributed by atoms with van der Waals surface area (Å²) in [4.78, 5) is 0.360. The highest BCUT2D eigenvalue weighted by molar-refractivity contribution is 7.89. The van der Waals surface area contributed by atoms with Crippen LogP contribution < -0.4 is 5.73 Å². The van der Waals surface area contributed by atoms with E-state index in [0.29, 0.717) is 23.9 Å². The van der Waals surface area contributed by atoms with Crippen LogP contribution in [0.4, 0.5) is 0 Å². The normalized spacial score (nSPS) is 23.7. The fourth-order valence-corrected chi connectivity index (χ4v) is 4.92. The first-order valence-electron chi connectivity index (χ1n) is 7.73. The lowest BCUT2D eigenvalue weighted by molar-refractivity contribution is 0.211. The molecule has 0 bridgehead atoms. The van der Waals surface area contributed by atoms with Gasteiger partial charge < -0.3 is 5.73 Å². The van der Waals surface area contributed by atoms with E-state index >= 15 is 0 Å². The third-order valence-electron chi connectivity index (χ3n) is 4.52. The molecule has 1 fully saturated rings. The molecule has 118 valence electrons. The van der Waals surface area contributed by atoms with Gasteiger partial charge in [-0.3, -0.25) is 0 Å². The molecule has 1 aliphatic rings. The van der Waals surface area contributed by atoms with Gasteiger partial charge in [0.25, 0.3) is 0 Å². The van der Waals surface area contributed by atoms with Crippen LogP contribution >= 0.6 is 0 Å². The van der Waals surface area contributed by atoms with E-state index in [-0.39, 0.29) is 6.04 Å². The van der Waals surface area contributed by atoms with Gasteiger partial charge in [0.2, 0.25) is 10.0 Å². The zero-order chi connectivity index (χ0) is 15.7. The molecule has 0 aliphatic carbocycles. The van der Waals surface area contributed by atoms with E-state index in [1.54, 1.807) is 16.4 Å². The average molecular weight is 318 g/mol. The number of hydrogen-bond donors (Lipinski definition) is 1. The summed E-state index contributed by atoms with van der Waals surface area (Å²) in [5.41, 5.74) is 5.82. The van der Waals surface area contributed by atoms with Gasteiger partial charge in [-0.1, -0.05) is 37.3 Å². The maximum absolute atomic E-state index is 13.0. The van der Waals surface area contributed by atoms with Crippen molar-refractivity contribution in [3.8, 4) is 0 Å². The van der Waals surface area contributed by atoms with Crippen LogP contribution in [0.2, 0.25) is 0 Å². The van der Waals surface area contributed by atoms with Gasteiger partial charge in [0.15, 0.2) is 0 Å². The minimum Gasteiger partial charge on any atom is -0.329 e. The summed E-state index contributed by atoms with van der Waals surface area (Å²) >= 11 is 0. The number of rotatable bonds is 3. The van der Waals surface area contributed by atoms with Crippen LogP contribution in [0.15, 0.2) is 47.4 Å². The quantitative estimate of drug-likeness (QED) is 0.946. The van der Waals surface area contributed by atoms with Crippen molar-refractivity contribution in [1.82, 2.24) is 4.31 Å². The number of nitrogens with two attached hydrogens (primary N) is 1. The van der Waals surface area contributed by atoms with Crippen molar-refractivity contribution < 1.29 is 8.42 Å². The lowest BCUT2D eigenvalue weighted by Gasteiger charge is -2.36. The zero-order valence-electron chi connectivity index (χ0n) is 12.8. The number of fused-ring (bicyclic) bond motifs is 1. The van der Waals surface area contributed by atoms with Crippen molar-refractivity contribution in [3.63, 3.8) is 0 Å². The van der Waals surface area contributed by atoms with Crippen LogP contribution in [0.1, 0.15) is 19.8 Å². The SMILES string of the molecule is CC1CCN(S(=O)(=O)c2ccc3ccccc3c2)C(CN)C1. The van der Waals surface area contributed by atoms with E-state index in [4.69, 9.17) is 5.73 Å². The number of benzene rings is 2. The molecule has 1 heterocycles. The Kier molecular flexibility index (Phi) is 4.21. The van der Waals surface area contributed by atoms with Crippen LogP contribution in [-0.2, 0) is 10.0 Å². The third-order valence-corrected chi connectivity index (χ3v) is 6.47. The van der Waals surface area contributed by atoms with Gasteiger partial charge in [-0.25, -0.2) is 8.42 Å². The van der Waals surface area contributed by atoms with Crippen molar-refractivity contribution in [2.75, 3.05) is 13.1 Å². The fraction of sp³-hybridized carbons (Fsp3) is 0.412. The second-order valence-corrected chi connectivity index (χ2v) is 8.03. The monoisotopic (exact) mass is 318 g/mol. The van der Waals surface area contributed by atoms with E-state index < -0.39 is 10.0 Å². The predicted molar refractivity (Wildman–Crippen MR) is 89.1 cm³/mol. The summed E-state index contributed by atoms with van der Waals surface area (Å²) in [7, 11) is -3.48. The summed E-state index contributed by atoms with van der Waals surface area (Å²) in [6.07, 6.45) is 1.73. The van der Waals surface area contributed by atoms with Crippen LogP contribution in [0.25, 0.3) is 10.8 Å². The largest absolute Gasteiger partial charge is 0.329 e. The van der Waals surface area contributed by atoms with Crippen LogP contribution in [0.5, 0.6) is 0 Å². The van der Waals surface area contributed by atoms with Crippen LogP contribution in [0.3, 0.4) is 0 Å². The van der Waals surface area contributed by atoms with Gasteiger partial charge in [0.1, 0.15) is 0 Å². The summed E-state index contributed by atoms with van der Waals surface area (Å²) in [6, 6.07) is 13.0. The Labute approximate surface area is 132 Å². The fourth-order valence-electron chi connectivity index (χ4n) is 3.22. The second kappa shape index (κ2) is 5.99. The summed E-state index contributed by atoms with van der Waals surface area (Å²) in [5, 5.41) is 1.99. The predicted octanol–water partition coefficient (Wildman–Crippen LogP) is 2.59. The molecular formula is C17H22N2O2S. The number of piperidine rings is 1. The molecule has 22 heavy (non-hydrogen) atoms. The van der Waals surface area contributed by atoms with Crippen molar-refractivity contribution in [1.29, 1.82) is 0 Å². The molecule has 0 saturated carbocycles. The lowest BCUT2D eigenvalue weighted by atomic mass is 9.94. The maximum Gasteiger partial charge on any atom is 0.243 e. The molecule has 2 atom stereocenters. The minimum atomic E-state index is -3.48. The Morgan fingerprint density at radius 2 is 1.91 bits per heavy atom. The van der Waals surface area contributed by atoms with Gasteiger partial charge in [-0.05, 0) is 41.7 Å². The third kappa shape index (κ3) is 2.76. The average Bonchev–Trinajstić information content (AvgIpc) is 2.54. The van der Waals surface area contributed by atoms with Gasteiger partial charge >= 0.3 is 0 Å². The van der Waals surface area contributed by atoms with Gasteiger partial charge in [0.05, 0.1) is 4.90 Å². The number of hydrogen-bond acceptors (Lipinski definition) is 3. The Morgan fingerprint density at radius 1 is 1.18 bits per heavy atom. The number of nitrogens with zero attached hydrogens (tertiary/aromatic N) is 1. The molecule has 0 aromatic heterocycles. The first-order chi connectivity index (χ1) is 10.5. The Hall–Kier alpha value is -1.43. The molecule has 0 radical (unpaired) electrons. The Bertz CT molecular complexity index is 773. The molecule has 2 aromatic rings. The molecular weight excluding hydrogens is 296 g/mol. The number of sulfonamides is 1. The molecule has 0 spiro atoms. The van der Waals surface area contributed by atoms with Crippen molar-refractivity contribution in [2.45, 2.75) is 30.7 Å². The van der Waals surface area contributed by atoms with E-state index in [1.165, 1.54) is 0 Å². The Balaban J connectivity index is 2.00. The summed E-state index contributed by atoms with van der Waals surface area (Å²) in [5.74, 6) is 0.525. The highest BCUT2D eigenvalue weighted by atomic mass is 32.2. The molecule has 2 N–H and O–H groups in total. The van der Waals surface area contributed by atoms with Crippen LogP contribution in [-0.4, -0.2) is 31.9 Å². The van der Waals surface area contributed by atoms with Crippen molar-refractivity contribution in [2.24, 2.45) is 11.7 Å². The first-order valence-corrected chi connectivity index (χ1v) is 9.17. The molecule has 3 rings (SSSR count). The minimum absolute atomic E-state index is 0.0970. The van der Waals surface area contributed by atoms with E-state index in [0.717, 1.165) is 23.6 Å². The summed E-state index contributed by atoms with van der Waals surface area (Å²) in [6.45, 7) is 3.08. The molecule has 1 aliphatic heterocycles. The molecule has 4 nitrogen and oxygen atoms in total. The zero-order valence-corrected chi connectivity index (χ0v) is 13.6. The highest BCUT2D eigenvalue weighted by Gasteiger charge is 2.34. The molecule has 1 saturated heterocycles. The molecule has 2 aromatic carbocycles. The van der Waals surface area contributed by atoms with Gasteiger partial charge in [-0.2, -0.15) is 4.31 Å². The summed E-state index contributed by atoms with van der Waals surface area (Å²) < 4.78 is 27.5. The lowest BCUT2D eigenvalue weighted by Crippen LogP contribution is -2.49. The van der Waals surface area contributed by atoms with E-state index in [9.17, 15) is 8.42 Å². The smallest absolute Gasteiger partial charge is 0.243 e. The Morgan fingerprint density at radius 3 is 2.64 bits per heavy atom. The van der Waals surface area contributed by atoms with Crippen LogP contribution in [0, 0.1) is 5.92 Å². The highest BCUT2D eigenvalue weighted by Crippen LogP contribution is 2.29. The van der Waals surface area contributed by atoms with Gasteiger partial charge in [0, 0.05) is 19.1 Å². The van der Waals surface area contributed by atoms with Gasteiger partial charge in [-0.15, -0.1) is 0 Å². The molecule has 5 heteroatoms. The molecule has 0 amide bonds. The maximum atomic E-state index is 13.0. The topological polar surface area (TPSA) is 63.4 Å². The first kappa shape index (κ1) is 15.5. The molecule has 2 unspecified atom stereocenters. The van der Waals surface area contributed by atoms with E-state index in [1.807, 2.05) is 30.3 Å². The van der Waals surface area contributed by atoms with Crippen molar-refractivity contribution >= 4 is 20.8 Å².